The first kappa shape index (κ1) is 13.4. The van der Waals surface area contributed by atoms with Crippen molar-refractivity contribution >= 4 is 27.4 Å². The van der Waals surface area contributed by atoms with Crippen LogP contribution in [0.15, 0.2) is 29.3 Å². The Morgan fingerprint density at radius 3 is 3.23 bits per heavy atom. The number of ether oxygens (including phenoxy) is 1. The van der Waals surface area contributed by atoms with Gasteiger partial charge in [0.25, 0.3) is 0 Å². The van der Waals surface area contributed by atoms with E-state index in [9.17, 15) is 4.39 Å². The van der Waals surface area contributed by atoms with E-state index in [2.05, 4.69) is 36.4 Å². The van der Waals surface area contributed by atoms with Gasteiger partial charge in [-0.15, -0.1) is 10.2 Å². The van der Waals surface area contributed by atoms with Gasteiger partial charge in [0.15, 0.2) is 5.82 Å². The number of nitrogens with zero attached hydrogens (tertiary/aromatic N) is 4. The van der Waals surface area contributed by atoms with Crippen LogP contribution in [-0.4, -0.2) is 26.2 Å². The van der Waals surface area contributed by atoms with Crippen LogP contribution in [-0.2, 0) is 13.0 Å². The predicted octanol–water partition coefficient (Wildman–Crippen LogP) is 2.57. The molecule has 3 heterocycles. The largest absolute Gasteiger partial charge is 0.493 e. The molecule has 112 valence electrons. The molecule has 3 aromatic rings. The number of benzene rings is 1. The number of aromatic nitrogens is 4. The number of hydrogen-bond donors (Lipinski definition) is 1. The molecule has 4 rings (SSSR count). The van der Waals surface area contributed by atoms with E-state index >= 15 is 0 Å². The SMILES string of the molecule is Fc1ccc2c(c1CNc1ncc(Br)n3cnnc13)CCO2. The second-order valence-corrected chi connectivity index (χ2v) is 5.72. The summed E-state index contributed by atoms with van der Waals surface area (Å²) in [5.74, 6) is 1.07. The van der Waals surface area contributed by atoms with Crippen molar-refractivity contribution in [3.63, 3.8) is 0 Å². The lowest BCUT2D eigenvalue weighted by atomic mass is 10.0. The van der Waals surface area contributed by atoms with Crippen LogP contribution in [0.25, 0.3) is 5.65 Å². The molecule has 0 saturated carbocycles. The minimum Gasteiger partial charge on any atom is -0.493 e. The molecule has 0 atom stereocenters. The fraction of sp³-hybridized carbons (Fsp3) is 0.214. The van der Waals surface area contributed by atoms with Crippen LogP contribution in [0.5, 0.6) is 5.75 Å². The fourth-order valence-electron chi connectivity index (χ4n) is 2.59. The summed E-state index contributed by atoms with van der Waals surface area (Å²) in [5, 5.41) is 11.0. The minimum atomic E-state index is -0.244. The van der Waals surface area contributed by atoms with E-state index in [0.717, 1.165) is 22.3 Å². The first-order chi connectivity index (χ1) is 10.7. The van der Waals surface area contributed by atoms with Gasteiger partial charge in [0.1, 0.15) is 22.5 Å². The van der Waals surface area contributed by atoms with Crippen LogP contribution < -0.4 is 10.1 Å². The summed E-state index contributed by atoms with van der Waals surface area (Å²) in [4.78, 5) is 4.28. The summed E-state index contributed by atoms with van der Waals surface area (Å²) in [6.07, 6.45) is 3.95. The highest BCUT2D eigenvalue weighted by molar-refractivity contribution is 9.10. The predicted molar refractivity (Wildman–Crippen MR) is 81.4 cm³/mol. The first-order valence-electron chi connectivity index (χ1n) is 6.75. The maximum Gasteiger partial charge on any atom is 0.204 e. The average molecular weight is 364 g/mol. The number of halogens is 2. The summed E-state index contributed by atoms with van der Waals surface area (Å²) in [5.41, 5.74) is 2.11. The van der Waals surface area contributed by atoms with Gasteiger partial charge >= 0.3 is 0 Å². The van der Waals surface area contributed by atoms with Crippen LogP contribution >= 0.6 is 15.9 Å². The normalized spacial score (nSPS) is 13.2. The number of nitrogens with one attached hydrogen (secondary N) is 1. The number of anilines is 1. The van der Waals surface area contributed by atoms with Crippen LogP contribution in [0.1, 0.15) is 11.1 Å². The van der Waals surface area contributed by atoms with Crippen LogP contribution in [0.2, 0.25) is 0 Å². The molecule has 0 spiro atoms. The van der Waals surface area contributed by atoms with Crippen molar-refractivity contribution in [3.05, 3.63) is 46.2 Å². The van der Waals surface area contributed by atoms with Crippen molar-refractivity contribution in [2.45, 2.75) is 13.0 Å². The highest BCUT2D eigenvalue weighted by Gasteiger charge is 2.19. The molecular formula is C14H11BrFN5O. The first-order valence-corrected chi connectivity index (χ1v) is 7.54. The quantitative estimate of drug-likeness (QED) is 0.774. The Morgan fingerprint density at radius 1 is 1.41 bits per heavy atom. The lowest BCUT2D eigenvalue weighted by Crippen LogP contribution is -2.07. The van der Waals surface area contributed by atoms with E-state index in [4.69, 9.17) is 4.74 Å². The maximum atomic E-state index is 14.1. The van der Waals surface area contributed by atoms with Crippen LogP contribution in [0, 0.1) is 5.82 Å². The van der Waals surface area contributed by atoms with Gasteiger partial charge in [-0.1, -0.05) is 0 Å². The second-order valence-electron chi connectivity index (χ2n) is 4.91. The van der Waals surface area contributed by atoms with E-state index < -0.39 is 0 Å². The smallest absolute Gasteiger partial charge is 0.204 e. The zero-order valence-electron chi connectivity index (χ0n) is 11.4. The van der Waals surface area contributed by atoms with E-state index in [-0.39, 0.29) is 5.82 Å². The molecule has 1 aromatic carbocycles. The van der Waals surface area contributed by atoms with Crippen molar-refractivity contribution < 1.29 is 9.13 Å². The number of fused-ring (bicyclic) bond motifs is 2. The number of hydrogen-bond acceptors (Lipinski definition) is 5. The highest BCUT2D eigenvalue weighted by Crippen LogP contribution is 2.30. The number of rotatable bonds is 3. The summed E-state index contributed by atoms with van der Waals surface area (Å²) >= 11 is 3.37. The molecule has 1 aliphatic rings. The fourth-order valence-corrected chi connectivity index (χ4v) is 2.96. The van der Waals surface area contributed by atoms with Gasteiger partial charge in [0.05, 0.1) is 12.8 Å². The monoisotopic (exact) mass is 363 g/mol. The van der Waals surface area contributed by atoms with E-state index in [1.165, 1.54) is 6.07 Å². The van der Waals surface area contributed by atoms with Crippen molar-refractivity contribution in [2.75, 3.05) is 11.9 Å². The Balaban J connectivity index is 1.67. The summed E-state index contributed by atoms with van der Waals surface area (Å²) < 4.78 is 22.1. The second kappa shape index (κ2) is 5.20. The van der Waals surface area contributed by atoms with Crippen LogP contribution in [0.3, 0.4) is 0 Å². The lowest BCUT2D eigenvalue weighted by molar-refractivity contribution is 0.356. The maximum absolute atomic E-state index is 14.1. The molecule has 2 aromatic heterocycles. The van der Waals surface area contributed by atoms with E-state index in [1.807, 2.05) is 0 Å². The Labute approximate surface area is 133 Å². The lowest BCUT2D eigenvalue weighted by Gasteiger charge is -2.11. The van der Waals surface area contributed by atoms with Gasteiger partial charge in [-0.2, -0.15) is 0 Å². The van der Waals surface area contributed by atoms with Gasteiger partial charge in [-0.25, -0.2) is 9.37 Å². The van der Waals surface area contributed by atoms with Crippen molar-refractivity contribution in [2.24, 2.45) is 0 Å². The molecule has 0 amide bonds. The molecule has 0 unspecified atom stereocenters. The molecule has 8 heteroatoms. The van der Waals surface area contributed by atoms with Gasteiger partial charge in [0.2, 0.25) is 5.65 Å². The van der Waals surface area contributed by atoms with Crippen molar-refractivity contribution in [3.8, 4) is 5.75 Å². The molecule has 0 fully saturated rings. The molecule has 1 N–H and O–H groups in total. The third-order valence-electron chi connectivity index (χ3n) is 3.66. The van der Waals surface area contributed by atoms with E-state index in [0.29, 0.717) is 30.2 Å². The van der Waals surface area contributed by atoms with Gasteiger partial charge in [-0.3, -0.25) is 4.40 Å². The summed E-state index contributed by atoms with van der Waals surface area (Å²) in [6.45, 7) is 0.909. The molecule has 0 saturated heterocycles. The van der Waals surface area contributed by atoms with Gasteiger partial charge in [0, 0.05) is 24.1 Å². The average Bonchev–Trinajstić information content (AvgIpc) is 3.17. The highest BCUT2D eigenvalue weighted by atomic mass is 79.9. The molecular weight excluding hydrogens is 353 g/mol. The molecule has 0 radical (unpaired) electrons. The van der Waals surface area contributed by atoms with Crippen molar-refractivity contribution in [1.29, 1.82) is 0 Å². The Kier molecular flexibility index (Phi) is 3.18. The van der Waals surface area contributed by atoms with Crippen LogP contribution in [0.4, 0.5) is 10.2 Å². The van der Waals surface area contributed by atoms with Gasteiger partial charge in [-0.05, 0) is 28.1 Å². The summed E-state index contributed by atoms with van der Waals surface area (Å²) in [6, 6.07) is 3.11. The molecule has 1 aliphatic heterocycles. The van der Waals surface area contributed by atoms with Gasteiger partial charge < -0.3 is 10.1 Å². The zero-order chi connectivity index (χ0) is 15.1. The molecule has 0 aliphatic carbocycles. The Morgan fingerprint density at radius 2 is 2.32 bits per heavy atom. The standard InChI is InChI=1S/C14H11BrFN5O/c15-12-6-18-13(14-20-19-7-21(12)14)17-5-9-8-3-4-22-11(8)2-1-10(9)16/h1-2,6-7H,3-5H2,(H,17,18). The summed E-state index contributed by atoms with van der Waals surface area (Å²) in [7, 11) is 0. The minimum absolute atomic E-state index is 0.244. The Bertz CT molecular complexity index is 866. The topological polar surface area (TPSA) is 64.3 Å². The zero-order valence-corrected chi connectivity index (χ0v) is 13.0. The third kappa shape index (κ3) is 2.10. The molecule has 22 heavy (non-hydrogen) atoms. The van der Waals surface area contributed by atoms with E-state index in [1.54, 1.807) is 23.0 Å². The molecule has 0 bridgehead atoms. The Hall–Kier alpha value is -2.22. The van der Waals surface area contributed by atoms with Crippen molar-refractivity contribution in [1.82, 2.24) is 19.6 Å². The molecule has 6 nitrogen and oxygen atoms in total. The third-order valence-corrected chi connectivity index (χ3v) is 4.25.